The molecule has 0 radical (unpaired) electrons. The Morgan fingerprint density at radius 3 is 2.64 bits per heavy atom. The van der Waals surface area contributed by atoms with Crippen LogP contribution in [0.5, 0.6) is 0 Å². The second-order valence-corrected chi connectivity index (χ2v) is 9.22. The molecule has 2 amide bonds. The number of hydrogen-bond donors (Lipinski definition) is 2. The SMILES string of the molecule is Cn1nc(C2CCC(=O)NC2=O)c2cccc(NCCCCCCCCN3CCOCC3)c21. The zero-order valence-electron chi connectivity index (χ0n) is 19.8. The van der Waals surface area contributed by atoms with Crippen LogP contribution >= 0.6 is 0 Å². The number of rotatable bonds is 11. The van der Waals surface area contributed by atoms with Gasteiger partial charge in [0, 0.05) is 38.5 Å². The molecule has 0 aliphatic carbocycles. The normalized spacial score (nSPS) is 19.7. The molecule has 2 fully saturated rings. The maximum atomic E-state index is 12.4. The van der Waals surface area contributed by atoms with Crippen LogP contribution in [0.1, 0.15) is 63.0 Å². The Labute approximate surface area is 196 Å². The largest absolute Gasteiger partial charge is 0.383 e. The van der Waals surface area contributed by atoms with Crippen molar-refractivity contribution >= 4 is 28.4 Å². The number of anilines is 1. The summed E-state index contributed by atoms with van der Waals surface area (Å²) in [6.45, 7) is 6.08. The minimum atomic E-state index is -0.370. The minimum Gasteiger partial charge on any atom is -0.383 e. The molecule has 0 saturated carbocycles. The molecule has 1 aromatic heterocycles. The zero-order chi connectivity index (χ0) is 23.0. The van der Waals surface area contributed by atoms with Crippen LogP contribution in [0, 0.1) is 0 Å². The van der Waals surface area contributed by atoms with Gasteiger partial charge in [-0.3, -0.25) is 24.5 Å². The number of para-hydroxylation sites is 1. The summed E-state index contributed by atoms with van der Waals surface area (Å²) in [7, 11) is 1.92. The van der Waals surface area contributed by atoms with Crippen molar-refractivity contribution in [2.24, 2.45) is 7.05 Å². The number of aromatic nitrogens is 2. The number of aryl methyl sites for hydroxylation is 1. The average Bonchev–Trinajstić information content (AvgIpc) is 3.15. The number of benzene rings is 1. The highest BCUT2D eigenvalue weighted by molar-refractivity contribution is 6.03. The number of amides is 2. The Hall–Kier alpha value is -2.45. The first kappa shape index (κ1) is 23.7. The molecule has 2 aromatic rings. The quantitative estimate of drug-likeness (QED) is 0.400. The Morgan fingerprint density at radius 1 is 1.09 bits per heavy atom. The van der Waals surface area contributed by atoms with Crippen molar-refractivity contribution in [1.29, 1.82) is 0 Å². The van der Waals surface area contributed by atoms with E-state index in [2.05, 4.69) is 26.7 Å². The fraction of sp³-hybridized carbons (Fsp3) is 0.640. The highest BCUT2D eigenvalue weighted by atomic mass is 16.5. The summed E-state index contributed by atoms with van der Waals surface area (Å²) < 4.78 is 7.25. The third-order valence-electron chi connectivity index (χ3n) is 6.78. The van der Waals surface area contributed by atoms with Crippen LogP contribution in [0.2, 0.25) is 0 Å². The third kappa shape index (κ3) is 6.12. The van der Waals surface area contributed by atoms with Crippen LogP contribution in [0.4, 0.5) is 5.69 Å². The predicted octanol–water partition coefficient (Wildman–Crippen LogP) is 3.18. The summed E-state index contributed by atoms with van der Waals surface area (Å²) in [5, 5.41) is 11.7. The molecular formula is C25H37N5O3. The molecule has 2 aliphatic heterocycles. The van der Waals surface area contributed by atoms with E-state index in [9.17, 15) is 9.59 Å². The Kier molecular flexibility index (Phi) is 8.34. The van der Waals surface area contributed by atoms with Crippen LogP contribution in [-0.2, 0) is 21.4 Å². The second-order valence-electron chi connectivity index (χ2n) is 9.22. The number of carbonyl (C=O) groups is 2. The first-order chi connectivity index (χ1) is 16.1. The average molecular weight is 456 g/mol. The molecule has 2 N–H and O–H groups in total. The molecule has 1 aromatic carbocycles. The summed E-state index contributed by atoms with van der Waals surface area (Å²) in [6.07, 6.45) is 8.42. The van der Waals surface area contributed by atoms with E-state index in [4.69, 9.17) is 4.74 Å². The highest BCUT2D eigenvalue weighted by Crippen LogP contribution is 2.33. The van der Waals surface area contributed by atoms with E-state index in [1.54, 1.807) is 0 Å². The molecule has 180 valence electrons. The van der Waals surface area contributed by atoms with Gasteiger partial charge < -0.3 is 10.1 Å². The lowest BCUT2D eigenvalue weighted by Gasteiger charge is -2.26. The van der Waals surface area contributed by atoms with Crippen molar-refractivity contribution in [2.45, 2.75) is 57.3 Å². The van der Waals surface area contributed by atoms with Gasteiger partial charge >= 0.3 is 0 Å². The molecule has 3 heterocycles. The number of carbonyl (C=O) groups excluding carboxylic acids is 2. The first-order valence-electron chi connectivity index (χ1n) is 12.5. The Balaban J connectivity index is 1.21. The summed E-state index contributed by atoms with van der Waals surface area (Å²) in [4.78, 5) is 26.4. The van der Waals surface area contributed by atoms with E-state index in [0.717, 1.165) is 61.6 Å². The highest BCUT2D eigenvalue weighted by Gasteiger charge is 2.31. The van der Waals surface area contributed by atoms with Crippen molar-refractivity contribution in [1.82, 2.24) is 20.0 Å². The molecule has 0 bridgehead atoms. The molecule has 0 spiro atoms. The third-order valence-corrected chi connectivity index (χ3v) is 6.78. The van der Waals surface area contributed by atoms with Gasteiger partial charge in [0.1, 0.15) is 0 Å². The van der Waals surface area contributed by atoms with Gasteiger partial charge in [-0.2, -0.15) is 5.10 Å². The lowest BCUT2D eigenvalue weighted by atomic mass is 9.92. The number of hydrogen-bond acceptors (Lipinski definition) is 6. The molecule has 33 heavy (non-hydrogen) atoms. The van der Waals surface area contributed by atoms with Gasteiger partial charge in [0.2, 0.25) is 11.8 Å². The van der Waals surface area contributed by atoms with Gasteiger partial charge in [-0.05, 0) is 31.9 Å². The fourth-order valence-electron chi connectivity index (χ4n) is 4.93. The Morgan fingerprint density at radius 2 is 1.85 bits per heavy atom. The van der Waals surface area contributed by atoms with Crippen LogP contribution in [0.15, 0.2) is 18.2 Å². The van der Waals surface area contributed by atoms with Gasteiger partial charge in [0.25, 0.3) is 0 Å². The van der Waals surface area contributed by atoms with Crippen molar-refractivity contribution < 1.29 is 14.3 Å². The lowest BCUT2D eigenvalue weighted by molar-refractivity contribution is -0.134. The molecule has 1 unspecified atom stereocenters. The lowest BCUT2D eigenvalue weighted by Crippen LogP contribution is -2.39. The summed E-state index contributed by atoms with van der Waals surface area (Å²) in [5.41, 5.74) is 2.82. The number of ether oxygens (including phenoxy) is 1. The van der Waals surface area contributed by atoms with Crippen LogP contribution in [-0.4, -0.2) is 65.9 Å². The number of imide groups is 1. The van der Waals surface area contributed by atoms with Crippen molar-refractivity contribution in [3.63, 3.8) is 0 Å². The van der Waals surface area contributed by atoms with Gasteiger partial charge in [0.15, 0.2) is 0 Å². The van der Waals surface area contributed by atoms with Gasteiger partial charge in [-0.25, -0.2) is 0 Å². The van der Waals surface area contributed by atoms with E-state index in [0.29, 0.717) is 12.8 Å². The van der Waals surface area contributed by atoms with Crippen molar-refractivity contribution in [3.8, 4) is 0 Å². The van der Waals surface area contributed by atoms with E-state index < -0.39 is 0 Å². The second kappa shape index (κ2) is 11.6. The molecule has 2 saturated heterocycles. The van der Waals surface area contributed by atoms with E-state index in [1.165, 1.54) is 38.6 Å². The number of morpholine rings is 1. The molecule has 2 aliphatic rings. The Bertz CT molecular complexity index is 951. The standard InChI is InChI=1S/C25H37N5O3/c1-29-24-19(23(28-29)20-11-12-22(31)27-25(20)32)9-8-10-21(24)26-13-6-4-2-3-5-7-14-30-15-17-33-18-16-30/h8-10,20,26H,2-7,11-18H2,1H3,(H,27,31,32). The van der Waals surface area contributed by atoms with E-state index >= 15 is 0 Å². The molecule has 8 heteroatoms. The van der Waals surface area contributed by atoms with Crippen molar-refractivity contribution in [3.05, 3.63) is 23.9 Å². The van der Waals surface area contributed by atoms with Gasteiger partial charge in [-0.15, -0.1) is 0 Å². The summed E-state index contributed by atoms with van der Waals surface area (Å²) in [5.74, 6) is -0.810. The number of piperidine rings is 1. The van der Waals surface area contributed by atoms with E-state index in [-0.39, 0.29) is 17.7 Å². The first-order valence-corrected chi connectivity index (χ1v) is 12.5. The van der Waals surface area contributed by atoms with Gasteiger partial charge in [-0.1, -0.05) is 37.8 Å². The number of unbranched alkanes of at least 4 members (excludes halogenated alkanes) is 5. The summed E-state index contributed by atoms with van der Waals surface area (Å²) >= 11 is 0. The molecule has 1 atom stereocenters. The molecular weight excluding hydrogens is 418 g/mol. The van der Waals surface area contributed by atoms with E-state index in [1.807, 2.05) is 23.9 Å². The monoisotopic (exact) mass is 455 g/mol. The molecule has 4 rings (SSSR count). The fourth-order valence-corrected chi connectivity index (χ4v) is 4.93. The predicted molar refractivity (Wildman–Crippen MR) is 129 cm³/mol. The van der Waals surface area contributed by atoms with Gasteiger partial charge in [0.05, 0.1) is 36.0 Å². The zero-order valence-corrected chi connectivity index (χ0v) is 19.8. The number of fused-ring (bicyclic) bond motifs is 1. The topological polar surface area (TPSA) is 88.5 Å². The van der Waals surface area contributed by atoms with Crippen molar-refractivity contribution in [2.75, 3.05) is 44.7 Å². The number of nitrogens with zero attached hydrogens (tertiary/aromatic N) is 3. The van der Waals surface area contributed by atoms with Crippen LogP contribution < -0.4 is 10.6 Å². The summed E-state index contributed by atoms with van der Waals surface area (Å²) in [6, 6.07) is 6.10. The molecule has 8 nitrogen and oxygen atoms in total. The van der Waals surface area contributed by atoms with Crippen LogP contribution in [0.3, 0.4) is 0 Å². The maximum absolute atomic E-state index is 12.4. The smallest absolute Gasteiger partial charge is 0.235 e. The number of nitrogens with one attached hydrogen (secondary N) is 2. The minimum absolute atomic E-state index is 0.198. The van der Waals surface area contributed by atoms with Crippen LogP contribution in [0.25, 0.3) is 10.9 Å². The maximum Gasteiger partial charge on any atom is 0.235 e.